The second-order valence-electron chi connectivity index (χ2n) is 6.45. The third kappa shape index (κ3) is 4.74. The van der Waals surface area contributed by atoms with Crippen LogP contribution in [0.2, 0.25) is 0 Å². The third-order valence-corrected chi connectivity index (χ3v) is 3.60. The number of ether oxygens (including phenoxy) is 1. The van der Waals surface area contributed by atoms with Gasteiger partial charge in [-0.3, -0.25) is 0 Å². The highest BCUT2D eigenvalue weighted by Crippen LogP contribution is 2.29. The van der Waals surface area contributed by atoms with Crippen molar-refractivity contribution >= 4 is 11.7 Å². The van der Waals surface area contributed by atoms with Gasteiger partial charge in [0.25, 0.3) is 0 Å². The van der Waals surface area contributed by atoms with Crippen molar-refractivity contribution in [3.05, 3.63) is 59.7 Å². The molecule has 0 aliphatic heterocycles. The van der Waals surface area contributed by atoms with E-state index in [1.165, 1.54) is 0 Å². The molecule has 122 valence electrons. The second kappa shape index (κ2) is 7.18. The predicted molar refractivity (Wildman–Crippen MR) is 94.0 cm³/mol. The molecule has 2 N–H and O–H groups in total. The van der Waals surface area contributed by atoms with Crippen molar-refractivity contribution in [1.29, 1.82) is 0 Å². The van der Waals surface area contributed by atoms with Crippen LogP contribution in [0.5, 0.6) is 5.75 Å². The Hall–Kier alpha value is -2.49. The van der Waals surface area contributed by atoms with Gasteiger partial charge in [-0.1, -0.05) is 51.1 Å². The van der Waals surface area contributed by atoms with E-state index in [0.717, 1.165) is 22.6 Å². The van der Waals surface area contributed by atoms with Gasteiger partial charge < -0.3 is 15.4 Å². The van der Waals surface area contributed by atoms with E-state index >= 15 is 0 Å². The minimum atomic E-state index is -0.211. The molecule has 4 heteroatoms. The molecule has 0 unspecified atom stereocenters. The Morgan fingerprint density at radius 3 is 2.30 bits per heavy atom. The summed E-state index contributed by atoms with van der Waals surface area (Å²) in [4.78, 5) is 12.1. The van der Waals surface area contributed by atoms with Crippen LogP contribution in [0.3, 0.4) is 0 Å². The molecule has 0 atom stereocenters. The van der Waals surface area contributed by atoms with Crippen LogP contribution in [-0.2, 0) is 12.0 Å². The summed E-state index contributed by atoms with van der Waals surface area (Å²) in [7, 11) is 1.63. The van der Waals surface area contributed by atoms with Crippen LogP contribution < -0.4 is 15.4 Å². The zero-order chi connectivity index (χ0) is 16.9. The summed E-state index contributed by atoms with van der Waals surface area (Å²) < 4.78 is 5.12. The molecule has 0 heterocycles. The van der Waals surface area contributed by atoms with Crippen molar-refractivity contribution in [2.24, 2.45) is 0 Å². The van der Waals surface area contributed by atoms with Crippen LogP contribution in [-0.4, -0.2) is 13.1 Å². The second-order valence-corrected chi connectivity index (χ2v) is 6.45. The first kappa shape index (κ1) is 16.9. The van der Waals surface area contributed by atoms with Gasteiger partial charge in [-0.05, 0) is 34.7 Å². The molecule has 2 amide bonds. The van der Waals surface area contributed by atoms with Crippen LogP contribution in [0, 0.1) is 0 Å². The van der Waals surface area contributed by atoms with Gasteiger partial charge >= 0.3 is 6.03 Å². The molecule has 0 aliphatic rings. The van der Waals surface area contributed by atoms with Gasteiger partial charge in [-0.25, -0.2) is 4.79 Å². The van der Waals surface area contributed by atoms with E-state index in [2.05, 4.69) is 31.4 Å². The lowest BCUT2D eigenvalue weighted by atomic mass is 9.86. The molecule has 4 nitrogen and oxygen atoms in total. The van der Waals surface area contributed by atoms with Gasteiger partial charge in [0.05, 0.1) is 7.11 Å². The van der Waals surface area contributed by atoms with E-state index in [4.69, 9.17) is 4.74 Å². The number of amides is 2. The Morgan fingerprint density at radius 1 is 1.04 bits per heavy atom. The molecule has 2 rings (SSSR count). The molecule has 0 aliphatic carbocycles. The van der Waals surface area contributed by atoms with Crippen molar-refractivity contribution < 1.29 is 9.53 Å². The number of methoxy groups -OCH3 is 1. The van der Waals surface area contributed by atoms with Crippen LogP contribution in [0.15, 0.2) is 48.5 Å². The van der Waals surface area contributed by atoms with Crippen LogP contribution in [0.1, 0.15) is 31.9 Å². The number of benzene rings is 2. The predicted octanol–water partition coefficient (Wildman–Crippen LogP) is 4.31. The minimum absolute atomic E-state index is 0.0279. The number of anilines is 1. The third-order valence-electron chi connectivity index (χ3n) is 3.60. The molecule has 0 radical (unpaired) electrons. The summed E-state index contributed by atoms with van der Waals surface area (Å²) in [6, 6.07) is 15.3. The highest BCUT2D eigenvalue weighted by atomic mass is 16.5. The largest absolute Gasteiger partial charge is 0.497 e. The van der Waals surface area contributed by atoms with E-state index in [1.54, 1.807) is 7.11 Å². The molecule has 0 saturated carbocycles. The Morgan fingerprint density at radius 2 is 1.70 bits per heavy atom. The first-order valence-corrected chi connectivity index (χ1v) is 7.67. The number of hydrogen-bond acceptors (Lipinski definition) is 2. The lowest BCUT2D eigenvalue weighted by Gasteiger charge is -2.23. The SMILES string of the molecule is COc1ccc(CNC(=O)Nc2ccccc2C(C)(C)C)cc1. The van der Waals surface area contributed by atoms with Gasteiger partial charge in [-0.2, -0.15) is 0 Å². The van der Waals surface area contributed by atoms with Crippen molar-refractivity contribution in [3.63, 3.8) is 0 Å². The maximum atomic E-state index is 12.1. The number of carbonyl (C=O) groups excluding carboxylic acids is 1. The molecule has 2 aromatic carbocycles. The lowest BCUT2D eigenvalue weighted by molar-refractivity contribution is 0.251. The van der Waals surface area contributed by atoms with Crippen molar-refractivity contribution in [1.82, 2.24) is 5.32 Å². The zero-order valence-electron chi connectivity index (χ0n) is 14.1. The van der Waals surface area contributed by atoms with Gasteiger partial charge in [0, 0.05) is 12.2 Å². The van der Waals surface area contributed by atoms with Crippen molar-refractivity contribution in [3.8, 4) is 5.75 Å². The molecular weight excluding hydrogens is 288 g/mol. The molecule has 0 aromatic heterocycles. The average molecular weight is 312 g/mol. The first-order chi connectivity index (χ1) is 10.9. The monoisotopic (exact) mass is 312 g/mol. The highest BCUT2D eigenvalue weighted by Gasteiger charge is 2.18. The molecule has 23 heavy (non-hydrogen) atoms. The van der Waals surface area contributed by atoms with Gasteiger partial charge in [0.2, 0.25) is 0 Å². The normalized spacial score (nSPS) is 11.0. The summed E-state index contributed by atoms with van der Waals surface area (Å²) in [5.74, 6) is 0.803. The Labute approximate surface area is 137 Å². The Bertz CT molecular complexity index is 658. The average Bonchev–Trinajstić information content (AvgIpc) is 2.53. The fourth-order valence-corrected chi connectivity index (χ4v) is 2.34. The first-order valence-electron chi connectivity index (χ1n) is 7.67. The van der Waals surface area contributed by atoms with Crippen LogP contribution >= 0.6 is 0 Å². The Kier molecular flexibility index (Phi) is 5.27. The number of hydrogen-bond donors (Lipinski definition) is 2. The fraction of sp³-hybridized carbons (Fsp3) is 0.316. The van der Waals surface area contributed by atoms with E-state index in [9.17, 15) is 4.79 Å². The molecule has 0 saturated heterocycles. The maximum Gasteiger partial charge on any atom is 0.319 e. The summed E-state index contributed by atoms with van der Waals surface area (Å²) in [5.41, 5.74) is 2.94. The molecule has 2 aromatic rings. The van der Waals surface area contributed by atoms with E-state index < -0.39 is 0 Å². The van der Waals surface area contributed by atoms with Crippen molar-refractivity contribution in [2.75, 3.05) is 12.4 Å². The molecule has 0 fully saturated rings. The quantitative estimate of drug-likeness (QED) is 0.883. The lowest BCUT2D eigenvalue weighted by Crippen LogP contribution is -2.29. The summed E-state index contributed by atoms with van der Waals surface area (Å²) in [6.07, 6.45) is 0. The summed E-state index contributed by atoms with van der Waals surface area (Å²) >= 11 is 0. The smallest absolute Gasteiger partial charge is 0.319 e. The van der Waals surface area contributed by atoms with Crippen LogP contribution in [0.4, 0.5) is 10.5 Å². The summed E-state index contributed by atoms with van der Waals surface area (Å²) in [6.45, 7) is 6.85. The summed E-state index contributed by atoms with van der Waals surface area (Å²) in [5, 5.41) is 5.81. The number of urea groups is 1. The number of para-hydroxylation sites is 1. The topological polar surface area (TPSA) is 50.4 Å². The molecule has 0 spiro atoms. The van der Waals surface area contributed by atoms with E-state index in [-0.39, 0.29) is 11.4 Å². The van der Waals surface area contributed by atoms with Crippen molar-refractivity contribution in [2.45, 2.75) is 32.7 Å². The highest BCUT2D eigenvalue weighted by molar-refractivity contribution is 5.90. The molecule has 0 bridgehead atoms. The van der Waals surface area contributed by atoms with E-state index in [1.807, 2.05) is 48.5 Å². The maximum absolute atomic E-state index is 12.1. The fourth-order valence-electron chi connectivity index (χ4n) is 2.34. The number of carbonyl (C=O) groups is 1. The number of rotatable bonds is 4. The Balaban J connectivity index is 1.97. The standard InChI is InChI=1S/C19H24N2O2/c1-19(2,3)16-7-5-6-8-17(16)21-18(22)20-13-14-9-11-15(23-4)12-10-14/h5-12H,13H2,1-4H3,(H2,20,21,22). The van der Waals surface area contributed by atoms with Gasteiger partial charge in [0.15, 0.2) is 0 Å². The minimum Gasteiger partial charge on any atom is -0.497 e. The van der Waals surface area contributed by atoms with Gasteiger partial charge in [0.1, 0.15) is 5.75 Å². The van der Waals surface area contributed by atoms with Crippen LogP contribution in [0.25, 0.3) is 0 Å². The molecular formula is C19H24N2O2. The van der Waals surface area contributed by atoms with Gasteiger partial charge in [-0.15, -0.1) is 0 Å². The zero-order valence-corrected chi connectivity index (χ0v) is 14.1. The number of nitrogens with one attached hydrogen (secondary N) is 2. The van der Waals surface area contributed by atoms with E-state index in [0.29, 0.717) is 6.54 Å².